The first-order valence-electron chi connectivity index (χ1n) is 6.41. The summed E-state index contributed by atoms with van der Waals surface area (Å²) in [5.41, 5.74) is 7.07. The number of nitrogen functional groups attached to an aromatic ring is 1. The second-order valence-corrected chi connectivity index (χ2v) is 4.88. The van der Waals surface area contributed by atoms with Crippen molar-refractivity contribution in [2.24, 2.45) is 0 Å². The number of nitrogens with two attached hydrogens (primary N) is 1. The Kier molecular flexibility index (Phi) is 3.23. The van der Waals surface area contributed by atoms with Gasteiger partial charge in [-0.15, -0.1) is 0 Å². The Bertz CT molecular complexity index is 641. The lowest BCUT2D eigenvalue weighted by Gasteiger charge is -2.13. The molecule has 0 saturated heterocycles. The molecule has 0 bridgehead atoms. The van der Waals surface area contributed by atoms with Crippen LogP contribution in [0.25, 0.3) is 11.2 Å². The van der Waals surface area contributed by atoms with E-state index in [9.17, 15) is 4.79 Å². The van der Waals surface area contributed by atoms with E-state index in [1.54, 1.807) is 6.33 Å². The minimum atomic E-state index is -0.943. The molecular weight excluding hydrogens is 262 g/mol. The van der Waals surface area contributed by atoms with Crippen molar-refractivity contribution in [3.63, 3.8) is 0 Å². The van der Waals surface area contributed by atoms with E-state index in [2.05, 4.69) is 15.0 Å². The van der Waals surface area contributed by atoms with Crippen molar-refractivity contribution in [1.29, 1.82) is 0 Å². The van der Waals surface area contributed by atoms with Gasteiger partial charge in [0.25, 0.3) is 0 Å². The van der Waals surface area contributed by atoms with Crippen molar-refractivity contribution >= 4 is 23.0 Å². The van der Waals surface area contributed by atoms with E-state index in [0.29, 0.717) is 17.0 Å². The fraction of sp³-hybridized carbons (Fsp3) is 0.500. The van der Waals surface area contributed by atoms with Crippen LogP contribution in [0.5, 0.6) is 0 Å². The van der Waals surface area contributed by atoms with E-state index >= 15 is 0 Å². The lowest BCUT2D eigenvalue weighted by Crippen LogP contribution is -2.16. The topological polar surface area (TPSA) is 116 Å². The molecule has 2 heterocycles. The maximum absolute atomic E-state index is 10.5. The number of anilines is 1. The average Bonchev–Trinajstić information content (AvgIpc) is 3.02. The molecule has 2 aromatic heterocycles. The lowest BCUT2D eigenvalue weighted by molar-refractivity contribution is -0.144. The highest BCUT2D eigenvalue weighted by atomic mass is 16.5. The molecule has 106 valence electrons. The SMILES string of the molecule is Nc1ncnc2c1ncn2[C@@H]1CC[C@H](OCC(=O)O)C1. The number of carboxylic acid groups (broad SMARTS) is 1. The minimum absolute atomic E-state index is 0.0345. The number of rotatable bonds is 4. The first kappa shape index (κ1) is 12.8. The number of ether oxygens (including phenoxy) is 1. The van der Waals surface area contributed by atoms with Crippen molar-refractivity contribution in [2.75, 3.05) is 12.3 Å². The van der Waals surface area contributed by atoms with Crippen LogP contribution in [0.2, 0.25) is 0 Å². The van der Waals surface area contributed by atoms with Crippen LogP contribution in [-0.2, 0) is 9.53 Å². The first-order chi connectivity index (χ1) is 9.65. The highest BCUT2D eigenvalue weighted by molar-refractivity contribution is 5.81. The molecule has 1 aliphatic rings. The molecule has 20 heavy (non-hydrogen) atoms. The van der Waals surface area contributed by atoms with Crippen molar-refractivity contribution < 1.29 is 14.6 Å². The predicted molar refractivity (Wildman–Crippen MR) is 70.0 cm³/mol. The summed E-state index contributed by atoms with van der Waals surface area (Å²) < 4.78 is 7.31. The van der Waals surface area contributed by atoms with Crippen LogP contribution in [0.15, 0.2) is 12.7 Å². The van der Waals surface area contributed by atoms with E-state index in [1.165, 1.54) is 6.33 Å². The standard InChI is InChI=1S/C12H15N5O3/c13-11-10-12(15-5-14-11)17(6-16-10)7-1-2-8(3-7)20-4-9(18)19/h5-8H,1-4H2,(H,18,19)(H2,13,14,15)/t7-,8+/m1/s1. The molecular formula is C12H15N5O3. The molecule has 1 fully saturated rings. The number of fused-ring (bicyclic) bond motifs is 1. The summed E-state index contributed by atoms with van der Waals surface area (Å²) in [6.45, 7) is -0.253. The van der Waals surface area contributed by atoms with Gasteiger partial charge in [-0.2, -0.15) is 0 Å². The van der Waals surface area contributed by atoms with Gasteiger partial charge in [0.15, 0.2) is 11.5 Å². The number of nitrogens with zero attached hydrogens (tertiary/aromatic N) is 4. The second-order valence-electron chi connectivity index (χ2n) is 4.88. The van der Waals surface area contributed by atoms with E-state index in [1.807, 2.05) is 4.57 Å². The number of aliphatic carboxylic acids is 1. The Morgan fingerprint density at radius 1 is 1.45 bits per heavy atom. The third-order valence-electron chi connectivity index (χ3n) is 3.58. The number of hydrogen-bond acceptors (Lipinski definition) is 6. The van der Waals surface area contributed by atoms with E-state index in [4.69, 9.17) is 15.6 Å². The summed E-state index contributed by atoms with van der Waals surface area (Å²) in [5.74, 6) is -0.576. The van der Waals surface area contributed by atoms with Crippen molar-refractivity contribution in [2.45, 2.75) is 31.4 Å². The quantitative estimate of drug-likeness (QED) is 0.840. The van der Waals surface area contributed by atoms with Crippen LogP contribution >= 0.6 is 0 Å². The van der Waals surface area contributed by atoms with Gasteiger partial charge in [-0.25, -0.2) is 19.7 Å². The van der Waals surface area contributed by atoms with Crippen molar-refractivity contribution in [3.8, 4) is 0 Å². The van der Waals surface area contributed by atoms with Crippen molar-refractivity contribution in [1.82, 2.24) is 19.5 Å². The zero-order valence-electron chi connectivity index (χ0n) is 10.8. The van der Waals surface area contributed by atoms with Crippen LogP contribution < -0.4 is 5.73 Å². The summed E-state index contributed by atoms with van der Waals surface area (Å²) in [7, 11) is 0. The Morgan fingerprint density at radius 2 is 2.30 bits per heavy atom. The van der Waals surface area contributed by atoms with Gasteiger partial charge >= 0.3 is 5.97 Å². The van der Waals surface area contributed by atoms with Gasteiger partial charge in [0.05, 0.1) is 12.4 Å². The van der Waals surface area contributed by atoms with Crippen LogP contribution in [0.3, 0.4) is 0 Å². The fourth-order valence-electron chi connectivity index (χ4n) is 2.65. The van der Waals surface area contributed by atoms with Gasteiger partial charge < -0.3 is 20.1 Å². The van der Waals surface area contributed by atoms with E-state index in [0.717, 1.165) is 19.3 Å². The fourth-order valence-corrected chi connectivity index (χ4v) is 2.65. The first-order valence-corrected chi connectivity index (χ1v) is 6.41. The maximum atomic E-state index is 10.5. The third-order valence-corrected chi connectivity index (χ3v) is 3.58. The molecule has 2 atom stereocenters. The van der Waals surface area contributed by atoms with Gasteiger partial charge in [0.1, 0.15) is 18.5 Å². The minimum Gasteiger partial charge on any atom is -0.480 e. The molecule has 8 heteroatoms. The van der Waals surface area contributed by atoms with E-state index < -0.39 is 5.97 Å². The average molecular weight is 277 g/mol. The number of carboxylic acids is 1. The number of aromatic nitrogens is 4. The second kappa shape index (κ2) is 5.04. The lowest BCUT2D eigenvalue weighted by atomic mass is 10.2. The maximum Gasteiger partial charge on any atom is 0.329 e. The molecule has 1 saturated carbocycles. The Hall–Kier alpha value is -2.22. The summed E-state index contributed by atoms with van der Waals surface area (Å²) in [6.07, 6.45) is 5.58. The molecule has 0 aliphatic heterocycles. The largest absolute Gasteiger partial charge is 0.480 e. The number of carbonyl (C=O) groups is 1. The summed E-state index contributed by atoms with van der Waals surface area (Å²) in [4.78, 5) is 22.9. The number of hydrogen-bond donors (Lipinski definition) is 2. The molecule has 0 aromatic carbocycles. The molecule has 0 spiro atoms. The summed E-state index contributed by atoms with van der Waals surface area (Å²) in [6, 6.07) is 0.202. The summed E-state index contributed by atoms with van der Waals surface area (Å²) in [5, 5.41) is 8.62. The zero-order chi connectivity index (χ0) is 14.1. The molecule has 0 radical (unpaired) electrons. The Balaban J connectivity index is 1.76. The Morgan fingerprint density at radius 3 is 3.10 bits per heavy atom. The van der Waals surface area contributed by atoms with E-state index in [-0.39, 0.29) is 18.8 Å². The van der Waals surface area contributed by atoms with Gasteiger partial charge in [-0.3, -0.25) is 0 Å². The van der Waals surface area contributed by atoms with Crippen LogP contribution in [0.1, 0.15) is 25.3 Å². The number of imidazole rings is 1. The smallest absolute Gasteiger partial charge is 0.329 e. The van der Waals surface area contributed by atoms with Crippen LogP contribution in [-0.4, -0.2) is 43.3 Å². The molecule has 0 unspecified atom stereocenters. The predicted octanol–water partition coefficient (Wildman–Crippen LogP) is 0.603. The van der Waals surface area contributed by atoms with Gasteiger partial charge in [0, 0.05) is 6.04 Å². The molecule has 3 rings (SSSR count). The molecule has 2 aromatic rings. The normalized spacial score (nSPS) is 22.4. The molecule has 3 N–H and O–H groups in total. The highest BCUT2D eigenvalue weighted by Gasteiger charge is 2.28. The molecule has 0 amide bonds. The van der Waals surface area contributed by atoms with Gasteiger partial charge in [0.2, 0.25) is 0 Å². The van der Waals surface area contributed by atoms with Gasteiger partial charge in [-0.1, -0.05) is 0 Å². The monoisotopic (exact) mass is 277 g/mol. The zero-order valence-corrected chi connectivity index (χ0v) is 10.8. The van der Waals surface area contributed by atoms with Crippen LogP contribution in [0, 0.1) is 0 Å². The Labute approximate surface area is 114 Å². The summed E-state index contributed by atoms with van der Waals surface area (Å²) >= 11 is 0. The highest BCUT2D eigenvalue weighted by Crippen LogP contribution is 2.33. The molecule has 8 nitrogen and oxygen atoms in total. The third kappa shape index (κ3) is 2.29. The van der Waals surface area contributed by atoms with Crippen LogP contribution in [0.4, 0.5) is 5.82 Å². The van der Waals surface area contributed by atoms with Gasteiger partial charge in [-0.05, 0) is 19.3 Å². The molecule has 1 aliphatic carbocycles. The van der Waals surface area contributed by atoms with Crippen molar-refractivity contribution in [3.05, 3.63) is 12.7 Å².